The van der Waals surface area contributed by atoms with E-state index in [-0.39, 0.29) is 0 Å². The van der Waals surface area contributed by atoms with E-state index in [2.05, 4.69) is 95.6 Å². The van der Waals surface area contributed by atoms with Gasteiger partial charge in [-0.15, -0.1) is 11.3 Å². The van der Waals surface area contributed by atoms with Crippen molar-refractivity contribution in [3.8, 4) is 39.6 Å². The third-order valence-corrected chi connectivity index (χ3v) is 9.81. The summed E-state index contributed by atoms with van der Waals surface area (Å²) in [5, 5.41) is 4.48. The molecule has 220 valence electrons. The number of para-hydroxylation sites is 2. The molecule has 47 heavy (non-hydrogen) atoms. The predicted molar refractivity (Wildman–Crippen MR) is 193 cm³/mol. The van der Waals surface area contributed by atoms with E-state index in [1.165, 1.54) is 15.5 Å². The van der Waals surface area contributed by atoms with Crippen LogP contribution in [0.5, 0.6) is 0 Å². The Kier molecular flexibility index (Phi) is 5.68. The van der Waals surface area contributed by atoms with E-state index < -0.39 is 0 Å². The van der Waals surface area contributed by atoms with E-state index in [4.69, 9.17) is 19.4 Å². The van der Waals surface area contributed by atoms with Crippen molar-refractivity contribution in [2.75, 3.05) is 0 Å². The Labute approximate surface area is 273 Å². The van der Waals surface area contributed by atoms with Crippen LogP contribution in [-0.2, 0) is 0 Å². The number of hydrogen-bond donors (Lipinski definition) is 0. The van der Waals surface area contributed by atoms with Crippen molar-refractivity contribution in [3.05, 3.63) is 145 Å². The molecule has 0 atom stereocenters. The third-order valence-electron chi connectivity index (χ3n) is 8.97. The topological polar surface area (TPSA) is 56.7 Å². The first-order valence-corrected chi connectivity index (χ1v) is 16.4. The molecule has 6 aromatic carbocycles. The van der Waals surface area contributed by atoms with Crippen LogP contribution < -0.4 is 0 Å². The van der Waals surface area contributed by atoms with Gasteiger partial charge in [0.05, 0.1) is 43.5 Å². The van der Waals surface area contributed by atoms with Gasteiger partial charge in [0.25, 0.3) is 0 Å². The average Bonchev–Trinajstić information content (AvgIpc) is 3.86. The Morgan fingerprint density at radius 2 is 1.21 bits per heavy atom. The van der Waals surface area contributed by atoms with Crippen molar-refractivity contribution in [1.29, 1.82) is 0 Å². The lowest BCUT2D eigenvalue weighted by Gasteiger charge is -2.11. The molecule has 10 aromatic rings. The highest BCUT2D eigenvalue weighted by molar-refractivity contribution is 7.18. The molecule has 0 saturated heterocycles. The first-order valence-electron chi connectivity index (χ1n) is 15.5. The van der Waals surface area contributed by atoms with Gasteiger partial charge in [0, 0.05) is 38.5 Å². The molecule has 0 amide bonds. The lowest BCUT2D eigenvalue weighted by atomic mass is 10.1. The van der Waals surface area contributed by atoms with Crippen LogP contribution in [0.15, 0.2) is 149 Å². The standard InChI is InChI=1S/C41H24N4OS/c1-3-11-25(12-4-1)31-23-32(26-13-5-2-6-14-26)44-41(43-31)27-19-21-28(22-20-27)45-33-17-9-7-15-29(33)36-38(45)39-35(37-40(36)47-24-42-37)30-16-8-10-18-34(30)46-39/h1-24H. The molecule has 4 heterocycles. The van der Waals surface area contributed by atoms with Gasteiger partial charge in [-0.3, -0.25) is 0 Å². The van der Waals surface area contributed by atoms with E-state index in [9.17, 15) is 0 Å². The summed E-state index contributed by atoms with van der Waals surface area (Å²) >= 11 is 1.68. The monoisotopic (exact) mass is 620 g/mol. The zero-order chi connectivity index (χ0) is 30.9. The third kappa shape index (κ3) is 3.98. The van der Waals surface area contributed by atoms with Crippen LogP contribution in [0.1, 0.15) is 0 Å². The lowest BCUT2D eigenvalue weighted by molar-refractivity contribution is 0.671. The Balaban J connectivity index is 1.21. The van der Waals surface area contributed by atoms with Crippen molar-refractivity contribution < 1.29 is 4.42 Å². The molecule has 10 rings (SSSR count). The number of hydrogen-bond acceptors (Lipinski definition) is 5. The quantitative estimate of drug-likeness (QED) is 0.196. The minimum Gasteiger partial charge on any atom is -0.454 e. The maximum atomic E-state index is 6.66. The summed E-state index contributed by atoms with van der Waals surface area (Å²) in [5.41, 5.74) is 12.7. The highest BCUT2D eigenvalue weighted by Crippen LogP contribution is 2.46. The molecule has 0 spiro atoms. The zero-order valence-electron chi connectivity index (χ0n) is 25.0. The summed E-state index contributed by atoms with van der Waals surface area (Å²) in [6.45, 7) is 0. The van der Waals surface area contributed by atoms with Gasteiger partial charge >= 0.3 is 0 Å². The fraction of sp³-hybridized carbons (Fsp3) is 0. The summed E-state index contributed by atoms with van der Waals surface area (Å²) in [6, 6.07) is 48.0. The number of fused-ring (bicyclic) bond motifs is 10. The van der Waals surface area contributed by atoms with Gasteiger partial charge in [0.2, 0.25) is 0 Å². The Hall–Kier alpha value is -6.11. The molecule has 0 aliphatic carbocycles. The number of rotatable bonds is 4. The van der Waals surface area contributed by atoms with Crippen molar-refractivity contribution >= 4 is 65.3 Å². The average molecular weight is 621 g/mol. The van der Waals surface area contributed by atoms with Crippen LogP contribution in [-0.4, -0.2) is 19.5 Å². The molecular formula is C41H24N4OS. The Bertz CT molecular complexity index is 2720. The maximum Gasteiger partial charge on any atom is 0.162 e. The van der Waals surface area contributed by atoms with Crippen LogP contribution in [0.25, 0.3) is 93.6 Å². The summed E-state index contributed by atoms with van der Waals surface area (Å²) in [7, 11) is 0. The predicted octanol–water partition coefficient (Wildman–Crippen LogP) is 11.1. The number of benzene rings is 6. The van der Waals surface area contributed by atoms with Crippen LogP contribution in [0.3, 0.4) is 0 Å². The maximum absolute atomic E-state index is 6.66. The highest BCUT2D eigenvalue weighted by atomic mass is 32.1. The van der Waals surface area contributed by atoms with Gasteiger partial charge in [0.1, 0.15) is 5.58 Å². The fourth-order valence-corrected chi connectivity index (χ4v) is 7.71. The largest absolute Gasteiger partial charge is 0.454 e. The summed E-state index contributed by atoms with van der Waals surface area (Å²) in [4.78, 5) is 14.9. The second-order valence-electron chi connectivity index (χ2n) is 11.6. The molecular weight excluding hydrogens is 597 g/mol. The molecule has 0 N–H and O–H groups in total. The molecule has 0 saturated carbocycles. The van der Waals surface area contributed by atoms with Gasteiger partial charge in [-0.1, -0.05) is 97.1 Å². The van der Waals surface area contributed by atoms with Crippen LogP contribution in [0.2, 0.25) is 0 Å². The van der Waals surface area contributed by atoms with E-state index in [0.29, 0.717) is 5.82 Å². The lowest BCUT2D eigenvalue weighted by Crippen LogP contribution is -1.97. The summed E-state index contributed by atoms with van der Waals surface area (Å²) in [6.07, 6.45) is 0. The molecule has 0 bridgehead atoms. The van der Waals surface area contributed by atoms with Crippen molar-refractivity contribution in [3.63, 3.8) is 0 Å². The van der Waals surface area contributed by atoms with Crippen LogP contribution in [0, 0.1) is 0 Å². The van der Waals surface area contributed by atoms with Gasteiger partial charge in [-0.2, -0.15) is 0 Å². The van der Waals surface area contributed by atoms with Gasteiger partial charge in [-0.05, 0) is 42.5 Å². The Morgan fingerprint density at radius 3 is 1.94 bits per heavy atom. The molecule has 0 aliphatic heterocycles. The molecule has 6 heteroatoms. The van der Waals surface area contributed by atoms with E-state index >= 15 is 0 Å². The molecule has 0 aliphatic rings. The highest BCUT2D eigenvalue weighted by Gasteiger charge is 2.24. The normalized spacial score (nSPS) is 11.8. The molecule has 5 nitrogen and oxygen atoms in total. The van der Waals surface area contributed by atoms with Gasteiger partial charge < -0.3 is 8.98 Å². The Morgan fingerprint density at radius 1 is 0.574 bits per heavy atom. The van der Waals surface area contributed by atoms with Crippen molar-refractivity contribution in [1.82, 2.24) is 19.5 Å². The minimum absolute atomic E-state index is 0.685. The number of aromatic nitrogens is 4. The molecule has 4 aromatic heterocycles. The van der Waals surface area contributed by atoms with E-state index in [1.54, 1.807) is 11.3 Å². The van der Waals surface area contributed by atoms with Crippen LogP contribution in [0.4, 0.5) is 0 Å². The number of nitrogens with zero attached hydrogens (tertiary/aromatic N) is 4. The number of thiazole rings is 1. The van der Waals surface area contributed by atoms with Crippen molar-refractivity contribution in [2.24, 2.45) is 0 Å². The molecule has 0 fully saturated rings. The van der Waals surface area contributed by atoms with Crippen LogP contribution >= 0.6 is 11.3 Å². The molecule has 0 radical (unpaired) electrons. The minimum atomic E-state index is 0.685. The fourth-order valence-electron chi connectivity index (χ4n) is 6.85. The smallest absolute Gasteiger partial charge is 0.162 e. The number of furan rings is 1. The van der Waals surface area contributed by atoms with Gasteiger partial charge in [-0.25, -0.2) is 15.0 Å². The summed E-state index contributed by atoms with van der Waals surface area (Å²) < 4.78 is 10.2. The summed E-state index contributed by atoms with van der Waals surface area (Å²) in [5.74, 6) is 0.685. The second-order valence-corrected chi connectivity index (χ2v) is 12.5. The van der Waals surface area contributed by atoms with Crippen molar-refractivity contribution in [2.45, 2.75) is 0 Å². The molecule has 0 unspecified atom stereocenters. The van der Waals surface area contributed by atoms with E-state index in [0.717, 1.165) is 72.3 Å². The first-order chi connectivity index (χ1) is 23.3. The van der Waals surface area contributed by atoms with E-state index in [1.807, 2.05) is 54.0 Å². The second kappa shape index (κ2) is 10.2. The van der Waals surface area contributed by atoms with Gasteiger partial charge in [0.15, 0.2) is 11.4 Å². The first kappa shape index (κ1) is 26.1. The SMILES string of the molecule is c1ccc(-c2cc(-c3ccccc3)nc(-c3ccc(-n4c5ccccc5c5c6scnc6c6c7ccccc7oc6c54)cc3)n2)cc1. The zero-order valence-corrected chi connectivity index (χ0v) is 25.8.